The molecule has 0 amide bonds. The lowest BCUT2D eigenvalue weighted by molar-refractivity contribution is 0.409. The van der Waals surface area contributed by atoms with Gasteiger partial charge < -0.3 is 10.1 Å². The van der Waals surface area contributed by atoms with E-state index < -0.39 is 0 Å². The van der Waals surface area contributed by atoms with Gasteiger partial charge in [0.2, 0.25) is 0 Å². The van der Waals surface area contributed by atoms with Gasteiger partial charge in [0.1, 0.15) is 5.75 Å². The first kappa shape index (κ1) is 15.2. The zero-order chi connectivity index (χ0) is 14.4. The number of ether oxygens (including phenoxy) is 1. The highest BCUT2D eigenvalue weighted by atomic mass is 35.5. The minimum atomic E-state index is 0.593. The molecule has 20 heavy (non-hydrogen) atoms. The summed E-state index contributed by atoms with van der Waals surface area (Å²) in [6.07, 6.45) is 0.905. The molecule has 0 heterocycles. The van der Waals surface area contributed by atoms with Crippen molar-refractivity contribution >= 4 is 23.2 Å². The van der Waals surface area contributed by atoms with Crippen molar-refractivity contribution in [2.24, 2.45) is 0 Å². The number of rotatable bonds is 6. The van der Waals surface area contributed by atoms with E-state index >= 15 is 0 Å². The van der Waals surface area contributed by atoms with Gasteiger partial charge in [-0.05, 0) is 36.2 Å². The van der Waals surface area contributed by atoms with Crippen LogP contribution in [-0.2, 0) is 13.0 Å². The largest absolute Gasteiger partial charge is 0.496 e. The SMILES string of the molecule is COc1ccccc1CCNCc1cccc(Cl)c1Cl. The Hall–Kier alpha value is -1.22. The fourth-order valence-corrected chi connectivity index (χ4v) is 2.43. The van der Waals surface area contributed by atoms with Crippen molar-refractivity contribution in [3.8, 4) is 5.75 Å². The third-order valence-corrected chi connectivity index (χ3v) is 3.97. The first-order valence-corrected chi connectivity index (χ1v) is 7.23. The molecule has 0 aliphatic heterocycles. The van der Waals surface area contributed by atoms with Crippen LogP contribution in [0.3, 0.4) is 0 Å². The minimum Gasteiger partial charge on any atom is -0.496 e. The molecular formula is C16H17Cl2NO. The molecule has 0 bridgehead atoms. The lowest BCUT2D eigenvalue weighted by Gasteiger charge is -2.10. The van der Waals surface area contributed by atoms with Crippen molar-refractivity contribution < 1.29 is 4.74 Å². The van der Waals surface area contributed by atoms with Gasteiger partial charge in [0.25, 0.3) is 0 Å². The summed E-state index contributed by atoms with van der Waals surface area (Å²) in [5, 5.41) is 4.59. The van der Waals surface area contributed by atoms with Gasteiger partial charge in [0.05, 0.1) is 17.2 Å². The Labute approximate surface area is 129 Å². The smallest absolute Gasteiger partial charge is 0.122 e. The van der Waals surface area contributed by atoms with Crippen LogP contribution in [0.15, 0.2) is 42.5 Å². The summed E-state index contributed by atoms with van der Waals surface area (Å²) in [7, 11) is 1.69. The molecule has 0 atom stereocenters. The minimum absolute atomic E-state index is 0.593. The highest BCUT2D eigenvalue weighted by molar-refractivity contribution is 6.42. The summed E-state index contributed by atoms with van der Waals surface area (Å²) >= 11 is 12.1. The predicted octanol–water partition coefficient (Wildman–Crippen LogP) is 4.33. The van der Waals surface area contributed by atoms with Gasteiger partial charge in [-0.25, -0.2) is 0 Å². The second-order valence-electron chi connectivity index (χ2n) is 4.45. The van der Waals surface area contributed by atoms with Crippen LogP contribution < -0.4 is 10.1 Å². The lowest BCUT2D eigenvalue weighted by atomic mass is 10.1. The van der Waals surface area contributed by atoms with Gasteiger partial charge in [-0.3, -0.25) is 0 Å². The third-order valence-electron chi connectivity index (χ3n) is 3.11. The number of halogens is 2. The fraction of sp³-hybridized carbons (Fsp3) is 0.250. The second kappa shape index (κ2) is 7.53. The average molecular weight is 310 g/mol. The van der Waals surface area contributed by atoms with Crippen LogP contribution in [0.25, 0.3) is 0 Å². The molecule has 4 heteroatoms. The van der Waals surface area contributed by atoms with Gasteiger partial charge in [-0.15, -0.1) is 0 Å². The normalized spacial score (nSPS) is 10.6. The van der Waals surface area contributed by atoms with Crippen LogP contribution in [-0.4, -0.2) is 13.7 Å². The van der Waals surface area contributed by atoms with Crippen molar-refractivity contribution in [1.82, 2.24) is 5.32 Å². The van der Waals surface area contributed by atoms with Crippen LogP contribution in [0.1, 0.15) is 11.1 Å². The number of benzene rings is 2. The van der Waals surface area contributed by atoms with E-state index in [1.54, 1.807) is 13.2 Å². The molecule has 2 aromatic carbocycles. The molecule has 0 spiro atoms. The van der Waals surface area contributed by atoms with Crippen LogP contribution in [0.5, 0.6) is 5.75 Å². The van der Waals surface area contributed by atoms with E-state index in [0.29, 0.717) is 16.6 Å². The molecule has 2 nitrogen and oxygen atoms in total. The van der Waals surface area contributed by atoms with Gasteiger partial charge in [-0.2, -0.15) is 0 Å². The fourth-order valence-electron chi connectivity index (χ4n) is 2.04. The Morgan fingerprint density at radius 3 is 2.55 bits per heavy atom. The van der Waals surface area contributed by atoms with Crippen molar-refractivity contribution in [3.63, 3.8) is 0 Å². The van der Waals surface area contributed by atoms with Gasteiger partial charge in [0.15, 0.2) is 0 Å². The Kier molecular flexibility index (Phi) is 5.72. The average Bonchev–Trinajstić information content (AvgIpc) is 2.48. The highest BCUT2D eigenvalue weighted by Crippen LogP contribution is 2.25. The molecule has 0 aliphatic carbocycles. The van der Waals surface area contributed by atoms with Gasteiger partial charge in [-0.1, -0.05) is 53.5 Å². The van der Waals surface area contributed by atoms with E-state index in [1.165, 1.54) is 5.56 Å². The van der Waals surface area contributed by atoms with E-state index in [0.717, 1.165) is 24.3 Å². The van der Waals surface area contributed by atoms with Crippen molar-refractivity contribution in [2.45, 2.75) is 13.0 Å². The Balaban J connectivity index is 1.86. The molecule has 2 rings (SSSR count). The number of methoxy groups -OCH3 is 1. The first-order valence-electron chi connectivity index (χ1n) is 6.48. The third kappa shape index (κ3) is 3.89. The maximum atomic E-state index is 6.14. The Morgan fingerprint density at radius 1 is 1.00 bits per heavy atom. The summed E-state index contributed by atoms with van der Waals surface area (Å²) in [6.45, 7) is 1.55. The van der Waals surface area contributed by atoms with Crippen LogP contribution in [0, 0.1) is 0 Å². The van der Waals surface area contributed by atoms with E-state index in [1.807, 2.05) is 30.3 Å². The molecule has 0 radical (unpaired) electrons. The summed E-state index contributed by atoms with van der Waals surface area (Å²) in [5.74, 6) is 0.926. The summed E-state index contributed by atoms with van der Waals surface area (Å²) in [4.78, 5) is 0. The van der Waals surface area contributed by atoms with Crippen LogP contribution >= 0.6 is 23.2 Å². The molecule has 0 aliphatic rings. The molecule has 1 N–H and O–H groups in total. The monoisotopic (exact) mass is 309 g/mol. The Morgan fingerprint density at radius 2 is 1.75 bits per heavy atom. The lowest BCUT2D eigenvalue weighted by Crippen LogP contribution is -2.17. The van der Waals surface area contributed by atoms with E-state index in [4.69, 9.17) is 27.9 Å². The zero-order valence-electron chi connectivity index (χ0n) is 11.3. The molecule has 0 saturated heterocycles. The molecule has 0 unspecified atom stereocenters. The number of hydrogen-bond acceptors (Lipinski definition) is 2. The Bertz CT molecular complexity index is 572. The van der Waals surface area contributed by atoms with Crippen LogP contribution in [0.4, 0.5) is 0 Å². The van der Waals surface area contributed by atoms with Crippen molar-refractivity contribution in [3.05, 3.63) is 63.6 Å². The van der Waals surface area contributed by atoms with Gasteiger partial charge in [0, 0.05) is 6.54 Å². The summed E-state index contributed by atoms with van der Waals surface area (Å²) < 4.78 is 5.33. The molecule has 0 aromatic heterocycles. The maximum Gasteiger partial charge on any atom is 0.122 e. The number of para-hydroxylation sites is 1. The quantitative estimate of drug-likeness (QED) is 0.802. The van der Waals surface area contributed by atoms with E-state index in [2.05, 4.69) is 11.4 Å². The molecule has 0 saturated carbocycles. The molecule has 106 valence electrons. The van der Waals surface area contributed by atoms with Crippen molar-refractivity contribution in [2.75, 3.05) is 13.7 Å². The number of nitrogens with one attached hydrogen (secondary N) is 1. The maximum absolute atomic E-state index is 6.14. The zero-order valence-corrected chi connectivity index (χ0v) is 12.8. The van der Waals surface area contributed by atoms with E-state index in [-0.39, 0.29) is 0 Å². The number of hydrogen-bond donors (Lipinski definition) is 1. The van der Waals surface area contributed by atoms with Gasteiger partial charge >= 0.3 is 0 Å². The van der Waals surface area contributed by atoms with Crippen LogP contribution in [0.2, 0.25) is 10.0 Å². The topological polar surface area (TPSA) is 21.3 Å². The molecule has 2 aromatic rings. The highest BCUT2D eigenvalue weighted by Gasteiger charge is 2.04. The standard InChI is InChI=1S/C16H17Cl2NO/c1-20-15-8-3-2-5-12(15)9-10-19-11-13-6-4-7-14(17)16(13)18/h2-8,19H,9-11H2,1H3. The van der Waals surface area contributed by atoms with Crippen molar-refractivity contribution in [1.29, 1.82) is 0 Å². The predicted molar refractivity (Wildman–Crippen MR) is 84.9 cm³/mol. The van der Waals surface area contributed by atoms with E-state index in [9.17, 15) is 0 Å². The molecular weight excluding hydrogens is 293 g/mol. The summed E-state index contributed by atoms with van der Waals surface area (Å²) in [5.41, 5.74) is 2.21. The first-order chi connectivity index (χ1) is 9.72. The molecule has 0 fully saturated rings. The second-order valence-corrected chi connectivity index (χ2v) is 5.24. The summed E-state index contributed by atoms with van der Waals surface area (Å²) in [6, 6.07) is 13.7.